The Morgan fingerprint density at radius 2 is 2.03 bits per heavy atom. The minimum atomic E-state index is -4.71. The molecule has 2 aromatic rings. The molecule has 1 amide bonds. The summed E-state index contributed by atoms with van der Waals surface area (Å²) in [5.41, 5.74) is -0.339. The number of likely N-dealkylation sites (tertiary alicyclic amines) is 1. The normalized spacial score (nSPS) is 17.4. The van der Waals surface area contributed by atoms with E-state index in [1.54, 1.807) is 18.2 Å². The minimum Gasteiger partial charge on any atom is -0.491 e. The maximum absolute atomic E-state index is 13.2. The summed E-state index contributed by atoms with van der Waals surface area (Å²) in [7, 11) is 0. The monoisotopic (exact) mass is 458 g/mol. The first-order chi connectivity index (χ1) is 15.6. The first-order valence-electron chi connectivity index (χ1n) is 10.4. The van der Waals surface area contributed by atoms with Crippen LogP contribution in [0.4, 0.5) is 18.9 Å². The Morgan fingerprint density at radius 1 is 1.30 bits per heavy atom. The summed E-state index contributed by atoms with van der Waals surface area (Å²) >= 11 is 0. The van der Waals surface area contributed by atoms with E-state index in [2.05, 4.69) is 21.3 Å². The highest BCUT2D eigenvalue weighted by molar-refractivity contribution is 6.06. The van der Waals surface area contributed by atoms with E-state index in [1.807, 2.05) is 0 Å². The fourth-order valence-corrected chi connectivity index (χ4v) is 4.45. The predicted molar refractivity (Wildman–Crippen MR) is 112 cm³/mol. The number of ketones is 1. The number of anilines is 1. The summed E-state index contributed by atoms with van der Waals surface area (Å²) in [4.78, 5) is 29.9. The Morgan fingerprint density at radius 3 is 2.67 bits per heavy atom. The number of nitrogens with one attached hydrogen (secondary N) is 1. The molecule has 4 rings (SSSR count). The predicted octanol–water partition coefficient (Wildman–Crippen LogP) is 3.54. The zero-order chi connectivity index (χ0) is 23.8. The van der Waals surface area contributed by atoms with Crippen molar-refractivity contribution in [1.82, 2.24) is 9.88 Å². The van der Waals surface area contributed by atoms with Crippen LogP contribution < -0.4 is 10.1 Å². The van der Waals surface area contributed by atoms with Crippen LogP contribution in [0.2, 0.25) is 0 Å². The van der Waals surface area contributed by atoms with E-state index in [9.17, 15) is 28.0 Å². The van der Waals surface area contributed by atoms with Crippen molar-refractivity contribution in [3.8, 4) is 11.8 Å². The lowest BCUT2D eigenvalue weighted by atomic mass is 9.73. The largest absolute Gasteiger partial charge is 0.491 e. The number of nitrogens with zero attached hydrogens (tertiary/aromatic N) is 3. The first-order valence-corrected chi connectivity index (χ1v) is 10.4. The van der Waals surface area contributed by atoms with Crippen molar-refractivity contribution >= 4 is 17.4 Å². The Kier molecular flexibility index (Phi) is 5.84. The number of nitriles is 1. The number of carbonyl (C=O) groups excluding carboxylic acids is 2. The number of fused-ring (bicyclic) bond motifs is 2. The number of benzene rings is 1. The summed E-state index contributed by atoms with van der Waals surface area (Å²) < 4.78 is 45.1. The van der Waals surface area contributed by atoms with Crippen LogP contribution in [0.25, 0.3) is 0 Å². The van der Waals surface area contributed by atoms with Gasteiger partial charge in [-0.05, 0) is 55.8 Å². The number of pyridine rings is 1. The molecular weight excluding hydrogens is 437 g/mol. The lowest BCUT2D eigenvalue weighted by Crippen LogP contribution is -2.47. The summed E-state index contributed by atoms with van der Waals surface area (Å²) in [6.45, 7) is 2.82. The van der Waals surface area contributed by atoms with Gasteiger partial charge in [-0.1, -0.05) is 0 Å². The molecule has 3 heterocycles. The van der Waals surface area contributed by atoms with Crippen molar-refractivity contribution in [3.05, 3.63) is 52.8 Å². The molecule has 0 atom stereocenters. The molecule has 1 aromatic carbocycles. The topological polar surface area (TPSA) is 95.3 Å². The molecule has 1 aromatic heterocycles. The average Bonchev–Trinajstić information content (AvgIpc) is 3.04. The lowest BCUT2D eigenvalue weighted by Gasteiger charge is -2.37. The highest BCUT2D eigenvalue weighted by atomic mass is 19.4. The van der Waals surface area contributed by atoms with Crippen molar-refractivity contribution in [1.29, 1.82) is 5.26 Å². The molecule has 1 fully saturated rings. The van der Waals surface area contributed by atoms with Gasteiger partial charge in [0, 0.05) is 19.2 Å². The minimum absolute atomic E-state index is 0.0612. The molecule has 0 unspecified atom stereocenters. The van der Waals surface area contributed by atoms with Gasteiger partial charge >= 0.3 is 6.18 Å². The van der Waals surface area contributed by atoms with Gasteiger partial charge in [-0.15, -0.1) is 0 Å². The molecule has 0 bridgehead atoms. The Labute approximate surface area is 188 Å². The number of hydrogen-bond acceptors (Lipinski definition) is 6. The maximum atomic E-state index is 13.2. The molecule has 10 heteroatoms. The zero-order valence-electron chi connectivity index (χ0n) is 17.8. The quantitative estimate of drug-likeness (QED) is 0.689. The number of Topliss-reactive ketones (excluding diaryl/α,β-unsaturated/α-hetero) is 1. The van der Waals surface area contributed by atoms with Gasteiger partial charge in [0.2, 0.25) is 5.91 Å². The van der Waals surface area contributed by atoms with E-state index >= 15 is 0 Å². The smallest absolute Gasteiger partial charge is 0.418 e. The second kappa shape index (κ2) is 8.48. The van der Waals surface area contributed by atoms with Crippen molar-refractivity contribution in [3.63, 3.8) is 0 Å². The second-order valence-electron chi connectivity index (χ2n) is 8.22. The molecule has 2 aliphatic heterocycles. The lowest BCUT2D eigenvalue weighted by molar-refractivity contribution is -0.138. The van der Waals surface area contributed by atoms with Crippen LogP contribution in [-0.2, 0) is 16.4 Å². The number of alkyl halides is 3. The molecule has 33 heavy (non-hydrogen) atoms. The van der Waals surface area contributed by atoms with Crippen molar-refractivity contribution in [2.24, 2.45) is 0 Å². The van der Waals surface area contributed by atoms with Gasteiger partial charge in [0.1, 0.15) is 18.1 Å². The molecule has 2 aliphatic rings. The van der Waals surface area contributed by atoms with Crippen LogP contribution >= 0.6 is 0 Å². The SMILES string of the molecule is CC(=O)c1ncc(OCCN2CCC3(CC2)C(=O)Nc2ccc(C#N)cc23)cc1C(F)(F)F. The summed E-state index contributed by atoms with van der Waals surface area (Å²) in [5.74, 6) is -0.899. The standard InChI is InChI=1S/C23H21F3N4O3/c1-14(31)20-18(23(24,25)26)11-16(13-28-20)33-9-8-30-6-4-22(5-7-30)17-10-15(12-27)2-3-19(17)29-21(22)32/h2-3,10-11,13H,4-9H2,1H3,(H,29,32). The van der Waals surface area contributed by atoms with Crippen molar-refractivity contribution in [2.45, 2.75) is 31.4 Å². The van der Waals surface area contributed by atoms with Crippen molar-refractivity contribution < 1.29 is 27.5 Å². The molecule has 1 N–H and O–H groups in total. The van der Waals surface area contributed by atoms with Gasteiger partial charge < -0.3 is 10.1 Å². The van der Waals surface area contributed by atoms with E-state index in [1.165, 1.54) is 0 Å². The van der Waals surface area contributed by atoms with Crippen molar-refractivity contribution in [2.75, 3.05) is 31.6 Å². The number of rotatable bonds is 5. The molecule has 0 radical (unpaired) electrons. The van der Waals surface area contributed by atoms with Crippen LogP contribution in [-0.4, -0.2) is 47.8 Å². The van der Waals surface area contributed by atoms with Gasteiger partial charge in [-0.25, -0.2) is 4.98 Å². The zero-order valence-corrected chi connectivity index (χ0v) is 17.8. The number of amides is 1. The Balaban J connectivity index is 1.37. The number of ether oxygens (including phenoxy) is 1. The summed E-state index contributed by atoms with van der Waals surface area (Å²) in [6, 6.07) is 8.09. The van der Waals surface area contributed by atoms with Gasteiger partial charge in [-0.3, -0.25) is 14.5 Å². The molecule has 1 saturated heterocycles. The molecule has 7 nitrogen and oxygen atoms in total. The fourth-order valence-electron chi connectivity index (χ4n) is 4.45. The maximum Gasteiger partial charge on any atom is 0.418 e. The Bertz CT molecular complexity index is 1150. The molecular formula is C23H21F3N4O3. The number of piperidine rings is 1. The van der Waals surface area contributed by atoms with E-state index in [4.69, 9.17) is 4.74 Å². The van der Waals surface area contributed by atoms with Crippen LogP contribution in [0.15, 0.2) is 30.5 Å². The van der Waals surface area contributed by atoms with E-state index < -0.39 is 28.6 Å². The summed E-state index contributed by atoms with van der Waals surface area (Å²) in [6.07, 6.45) is -2.47. The van der Waals surface area contributed by atoms with E-state index in [0.29, 0.717) is 38.0 Å². The summed E-state index contributed by atoms with van der Waals surface area (Å²) in [5, 5.41) is 12.1. The molecule has 1 spiro atoms. The van der Waals surface area contributed by atoms with Gasteiger partial charge in [0.15, 0.2) is 5.78 Å². The Hall–Kier alpha value is -3.45. The van der Waals surface area contributed by atoms with E-state index in [0.717, 1.165) is 30.4 Å². The number of aromatic nitrogens is 1. The number of hydrogen-bond donors (Lipinski definition) is 1. The van der Waals surface area contributed by atoms with Gasteiger partial charge in [0.25, 0.3) is 0 Å². The van der Waals surface area contributed by atoms with Crippen LogP contribution in [0.5, 0.6) is 5.75 Å². The highest BCUT2D eigenvalue weighted by Crippen LogP contribution is 2.45. The average molecular weight is 458 g/mol. The third kappa shape index (κ3) is 4.28. The molecule has 172 valence electrons. The third-order valence-electron chi connectivity index (χ3n) is 6.23. The first kappa shape index (κ1) is 22.7. The molecule has 0 aliphatic carbocycles. The van der Waals surface area contributed by atoms with Gasteiger partial charge in [-0.2, -0.15) is 18.4 Å². The fraction of sp³-hybridized carbons (Fsp3) is 0.391. The van der Waals surface area contributed by atoms with Gasteiger partial charge in [0.05, 0.1) is 28.8 Å². The molecule has 0 saturated carbocycles. The highest BCUT2D eigenvalue weighted by Gasteiger charge is 2.48. The van der Waals surface area contributed by atoms with Crippen LogP contribution in [0.1, 0.15) is 46.9 Å². The number of carbonyl (C=O) groups is 2. The van der Waals surface area contributed by atoms with Crippen LogP contribution in [0.3, 0.4) is 0 Å². The third-order valence-corrected chi connectivity index (χ3v) is 6.23. The van der Waals surface area contributed by atoms with Crippen LogP contribution in [0, 0.1) is 11.3 Å². The van der Waals surface area contributed by atoms with E-state index in [-0.39, 0.29) is 18.3 Å². The number of halogens is 3. The second-order valence-corrected chi connectivity index (χ2v) is 8.22.